The number of carbonyl (C=O) groups excluding carboxylic acids is 2. The zero-order valence-corrected chi connectivity index (χ0v) is 16.8. The van der Waals surface area contributed by atoms with E-state index in [1.165, 1.54) is 0 Å². The van der Waals surface area contributed by atoms with Crippen LogP contribution in [-0.2, 0) is 9.59 Å². The summed E-state index contributed by atoms with van der Waals surface area (Å²) in [6.45, 7) is 2.39. The molecule has 27 heavy (non-hydrogen) atoms. The van der Waals surface area contributed by atoms with Crippen molar-refractivity contribution in [1.82, 2.24) is 15.1 Å². The molecule has 2 heterocycles. The van der Waals surface area contributed by atoms with Crippen molar-refractivity contribution in [3.05, 3.63) is 29.3 Å². The van der Waals surface area contributed by atoms with Crippen molar-refractivity contribution < 1.29 is 9.59 Å². The van der Waals surface area contributed by atoms with E-state index in [0.29, 0.717) is 23.1 Å². The summed E-state index contributed by atoms with van der Waals surface area (Å²) in [5.41, 5.74) is 0.805. The average molecular weight is 409 g/mol. The molecular formula is C19H25ClN4O2S. The number of rotatable bonds is 4. The second-order valence-electron chi connectivity index (χ2n) is 7.00. The summed E-state index contributed by atoms with van der Waals surface area (Å²) < 4.78 is 0. The summed E-state index contributed by atoms with van der Waals surface area (Å²) in [6.07, 6.45) is 4.62. The van der Waals surface area contributed by atoms with Crippen LogP contribution in [-0.4, -0.2) is 58.9 Å². The first kappa shape index (κ1) is 19.9. The summed E-state index contributed by atoms with van der Waals surface area (Å²) >= 11 is 11.2. The molecule has 1 atom stereocenters. The number of nitrogens with one attached hydrogen (secondary N) is 2. The lowest BCUT2D eigenvalue weighted by Gasteiger charge is -2.27. The predicted octanol–water partition coefficient (Wildman–Crippen LogP) is 2.63. The first-order chi connectivity index (χ1) is 13.0. The minimum atomic E-state index is -0.411. The summed E-state index contributed by atoms with van der Waals surface area (Å²) in [5.74, 6) is -0.0105. The minimum absolute atomic E-state index is 0.0448. The lowest BCUT2D eigenvalue weighted by atomic mass is 10.1. The van der Waals surface area contributed by atoms with Crippen molar-refractivity contribution in [3.63, 3.8) is 0 Å². The van der Waals surface area contributed by atoms with Crippen molar-refractivity contribution in [1.29, 1.82) is 0 Å². The Balaban J connectivity index is 1.56. The quantitative estimate of drug-likeness (QED) is 0.750. The third kappa shape index (κ3) is 5.56. The molecule has 0 saturated carbocycles. The van der Waals surface area contributed by atoms with Gasteiger partial charge in [0.15, 0.2) is 5.11 Å². The number of nitrogens with zero attached hydrogens (tertiary/aromatic N) is 2. The van der Waals surface area contributed by atoms with Crippen molar-refractivity contribution in [2.45, 2.75) is 38.1 Å². The number of likely N-dealkylation sites (tertiary alicyclic amines) is 2. The fraction of sp³-hybridized carbons (Fsp3) is 0.526. The Morgan fingerprint density at radius 2 is 1.78 bits per heavy atom. The Morgan fingerprint density at radius 3 is 2.48 bits per heavy atom. The van der Waals surface area contributed by atoms with E-state index >= 15 is 0 Å². The highest BCUT2D eigenvalue weighted by Gasteiger charge is 2.30. The molecule has 146 valence electrons. The molecule has 0 aromatic heterocycles. The van der Waals surface area contributed by atoms with E-state index in [1.807, 2.05) is 17.0 Å². The maximum Gasteiger partial charge on any atom is 0.245 e. The third-order valence-electron chi connectivity index (χ3n) is 4.97. The van der Waals surface area contributed by atoms with E-state index in [9.17, 15) is 9.59 Å². The molecule has 0 radical (unpaired) electrons. The minimum Gasteiger partial charge on any atom is -0.351 e. The number of amides is 2. The molecule has 3 rings (SSSR count). The highest BCUT2D eigenvalue weighted by molar-refractivity contribution is 7.80. The Hall–Kier alpha value is -1.86. The summed E-state index contributed by atoms with van der Waals surface area (Å²) in [4.78, 5) is 28.9. The van der Waals surface area contributed by atoms with Gasteiger partial charge in [-0.3, -0.25) is 9.59 Å². The van der Waals surface area contributed by atoms with Crippen LogP contribution in [0, 0.1) is 0 Å². The summed E-state index contributed by atoms with van der Waals surface area (Å²) in [7, 11) is 0. The molecule has 2 aliphatic heterocycles. The topological polar surface area (TPSA) is 64.7 Å². The second kappa shape index (κ2) is 9.37. The second-order valence-corrected chi connectivity index (χ2v) is 7.85. The molecule has 2 fully saturated rings. The van der Waals surface area contributed by atoms with Crippen LogP contribution in [0.5, 0.6) is 0 Å². The SMILES string of the molecule is O=C(CN1CCCC[C@H](NC(=S)Nc2ccc(Cl)cc2)C1=O)N1CCCC1. The molecule has 2 aliphatic rings. The molecule has 1 aromatic carbocycles. The number of halogens is 1. The highest BCUT2D eigenvalue weighted by atomic mass is 35.5. The molecule has 6 nitrogen and oxygen atoms in total. The van der Waals surface area contributed by atoms with Crippen LogP contribution >= 0.6 is 23.8 Å². The van der Waals surface area contributed by atoms with Gasteiger partial charge in [-0.05, 0) is 68.6 Å². The van der Waals surface area contributed by atoms with Gasteiger partial charge in [-0.15, -0.1) is 0 Å². The van der Waals surface area contributed by atoms with E-state index in [4.69, 9.17) is 23.8 Å². The van der Waals surface area contributed by atoms with Gasteiger partial charge < -0.3 is 20.4 Å². The summed E-state index contributed by atoms with van der Waals surface area (Å²) in [6, 6.07) is 6.79. The molecule has 2 saturated heterocycles. The Morgan fingerprint density at radius 1 is 1.11 bits per heavy atom. The van der Waals surface area contributed by atoms with Gasteiger partial charge in [0.1, 0.15) is 6.04 Å². The van der Waals surface area contributed by atoms with Gasteiger partial charge in [-0.2, -0.15) is 0 Å². The maximum absolute atomic E-state index is 12.9. The molecule has 8 heteroatoms. The average Bonchev–Trinajstić information content (AvgIpc) is 3.14. The molecule has 0 unspecified atom stereocenters. The maximum atomic E-state index is 12.9. The Bertz CT molecular complexity index is 691. The van der Waals surface area contributed by atoms with Gasteiger partial charge in [0.2, 0.25) is 11.8 Å². The molecule has 0 aliphatic carbocycles. The lowest BCUT2D eigenvalue weighted by Crippen LogP contribution is -2.51. The van der Waals surface area contributed by atoms with Gasteiger partial charge in [0, 0.05) is 30.3 Å². The third-order valence-corrected chi connectivity index (χ3v) is 5.44. The first-order valence-electron chi connectivity index (χ1n) is 9.42. The summed E-state index contributed by atoms with van der Waals surface area (Å²) in [5, 5.41) is 7.23. The zero-order valence-electron chi connectivity index (χ0n) is 15.2. The van der Waals surface area contributed by atoms with Crippen molar-refractivity contribution >= 4 is 46.4 Å². The molecule has 2 N–H and O–H groups in total. The van der Waals surface area contributed by atoms with Crippen LogP contribution in [0.25, 0.3) is 0 Å². The Labute approximate surface area is 170 Å². The monoisotopic (exact) mass is 408 g/mol. The van der Waals surface area contributed by atoms with Crippen LogP contribution in [0.2, 0.25) is 5.02 Å². The number of thiocarbonyl (C=S) groups is 1. The largest absolute Gasteiger partial charge is 0.351 e. The van der Waals surface area contributed by atoms with Gasteiger partial charge in [0.25, 0.3) is 0 Å². The number of carbonyl (C=O) groups is 2. The highest BCUT2D eigenvalue weighted by Crippen LogP contribution is 2.16. The van der Waals surface area contributed by atoms with Crippen LogP contribution < -0.4 is 10.6 Å². The van der Waals surface area contributed by atoms with E-state index in [-0.39, 0.29) is 18.4 Å². The van der Waals surface area contributed by atoms with Crippen LogP contribution in [0.1, 0.15) is 32.1 Å². The van der Waals surface area contributed by atoms with Crippen molar-refractivity contribution in [3.8, 4) is 0 Å². The number of hydrogen-bond acceptors (Lipinski definition) is 3. The number of anilines is 1. The van der Waals surface area contributed by atoms with Gasteiger partial charge >= 0.3 is 0 Å². The fourth-order valence-electron chi connectivity index (χ4n) is 3.48. The predicted molar refractivity (Wildman–Crippen MR) is 111 cm³/mol. The fourth-order valence-corrected chi connectivity index (χ4v) is 3.87. The van der Waals surface area contributed by atoms with Gasteiger partial charge in [0.05, 0.1) is 6.54 Å². The first-order valence-corrected chi connectivity index (χ1v) is 10.2. The normalized spacial score (nSPS) is 20.3. The molecule has 2 amide bonds. The smallest absolute Gasteiger partial charge is 0.245 e. The van der Waals surface area contributed by atoms with E-state index in [1.54, 1.807) is 17.0 Å². The zero-order chi connectivity index (χ0) is 19.2. The van der Waals surface area contributed by atoms with Crippen molar-refractivity contribution in [2.75, 3.05) is 31.5 Å². The number of hydrogen-bond donors (Lipinski definition) is 2. The lowest BCUT2D eigenvalue weighted by molar-refractivity contribution is -0.140. The van der Waals surface area contributed by atoms with Gasteiger partial charge in [-0.25, -0.2) is 0 Å². The molecular weight excluding hydrogens is 384 g/mol. The van der Waals surface area contributed by atoms with Crippen LogP contribution in [0.3, 0.4) is 0 Å². The standard InChI is InChI=1S/C19H25ClN4O2S/c20-14-6-8-15(9-7-14)21-19(27)22-16-5-1-2-12-24(18(16)26)13-17(25)23-10-3-4-11-23/h6-9,16H,1-5,10-13H2,(H2,21,22,27)/t16-/m0/s1. The van der Waals surface area contributed by atoms with Gasteiger partial charge in [-0.1, -0.05) is 11.6 Å². The van der Waals surface area contributed by atoms with Crippen molar-refractivity contribution in [2.24, 2.45) is 0 Å². The molecule has 1 aromatic rings. The Kier molecular flexibility index (Phi) is 6.90. The molecule has 0 spiro atoms. The van der Waals surface area contributed by atoms with Crippen LogP contribution in [0.15, 0.2) is 24.3 Å². The van der Waals surface area contributed by atoms with E-state index < -0.39 is 6.04 Å². The molecule has 0 bridgehead atoms. The van der Waals surface area contributed by atoms with Crippen LogP contribution in [0.4, 0.5) is 5.69 Å². The number of benzene rings is 1. The van der Waals surface area contributed by atoms with E-state index in [0.717, 1.165) is 44.5 Å². The van der Waals surface area contributed by atoms with E-state index in [2.05, 4.69) is 10.6 Å².